The van der Waals surface area contributed by atoms with Gasteiger partial charge in [-0.3, -0.25) is 18.9 Å². The van der Waals surface area contributed by atoms with E-state index in [0.717, 1.165) is 16.7 Å². The van der Waals surface area contributed by atoms with Crippen LogP contribution in [-0.4, -0.2) is 59.6 Å². The first-order valence-corrected chi connectivity index (χ1v) is 17.2. The van der Waals surface area contributed by atoms with Crippen molar-refractivity contribution in [3.63, 3.8) is 0 Å². The third-order valence-corrected chi connectivity index (χ3v) is 10.4. The van der Waals surface area contributed by atoms with Gasteiger partial charge < -0.3 is 29.0 Å². The van der Waals surface area contributed by atoms with Crippen LogP contribution in [0.4, 0.5) is 0 Å². The Labute approximate surface area is 218 Å². The van der Waals surface area contributed by atoms with Gasteiger partial charge >= 0.3 is 29.2 Å². The average molecular weight is 626 g/mol. The molecule has 2 rings (SSSR count). The zero-order valence-electron chi connectivity index (χ0n) is 19.1. The van der Waals surface area contributed by atoms with Crippen LogP contribution in [-0.2, 0) is 36.3 Å². The fourth-order valence-corrected chi connectivity index (χ4v) is 7.70. The van der Waals surface area contributed by atoms with Crippen LogP contribution in [0.25, 0.3) is 0 Å². The molecule has 1 aliphatic rings. The number of hydrogen-bond donors (Lipinski definition) is 5. The topological polar surface area (TPSA) is 233 Å². The average Bonchev–Trinajstić information content (AvgIpc) is 3.14. The zero-order valence-corrected chi connectivity index (χ0v) is 23.4. The molecule has 1 aromatic heterocycles. The van der Waals surface area contributed by atoms with Crippen LogP contribution in [0.1, 0.15) is 31.1 Å². The van der Waals surface area contributed by atoms with Crippen molar-refractivity contribution in [2.75, 3.05) is 18.3 Å². The van der Waals surface area contributed by atoms with E-state index >= 15 is 0 Å². The lowest BCUT2D eigenvalue weighted by atomic mass is 10.2. The van der Waals surface area contributed by atoms with Crippen molar-refractivity contribution in [1.29, 1.82) is 0 Å². The van der Waals surface area contributed by atoms with Gasteiger partial charge in [0.05, 0.1) is 12.7 Å². The molecule has 3 unspecified atom stereocenters. The van der Waals surface area contributed by atoms with Crippen LogP contribution in [0.2, 0.25) is 0 Å². The molecule has 1 aliphatic heterocycles. The van der Waals surface area contributed by atoms with Crippen molar-refractivity contribution in [2.24, 2.45) is 0 Å². The SMILES string of the molecule is C#CCCCSSCOC1C[C@H](n2cc(C)c(=O)[nH]c2=O)O[C@@H]1COP(=O)(O)OP(=O)(O)OP(=O)(O)O. The molecule has 0 spiro atoms. The Hall–Kier alpha value is -0.730. The number of terminal acetylenes is 1. The van der Waals surface area contributed by atoms with Gasteiger partial charge in [-0.15, -0.1) is 12.3 Å². The van der Waals surface area contributed by atoms with Crippen molar-refractivity contribution < 1.29 is 55.9 Å². The van der Waals surface area contributed by atoms with Crippen LogP contribution < -0.4 is 11.2 Å². The Balaban J connectivity index is 2.08. The van der Waals surface area contributed by atoms with E-state index in [1.807, 2.05) is 0 Å². The highest BCUT2D eigenvalue weighted by Crippen LogP contribution is 2.66. The number of ether oxygens (including phenoxy) is 2. The minimum atomic E-state index is -5.69. The summed E-state index contributed by atoms with van der Waals surface area (Å²) in [6.07, 6.45) is 5.06. The molecule has 5 atom stereocenters. The summed E-state index contributed by atoms with van der Waals surface area (Å²) in [6.45, 7) is 0.709. The number of hydrogen-bond acceptors (Lipinski definition) is 12. The molecule has 1 saturated heterocycles. The van der Waals surface area contributed by atoms with Crippen molar-refractivity contribution in [3.05, 3.63) is 32.6 Å². The van der Waals surface area contributed by atoms with E-state index in [4.69, 9.17) is 25.7 Å². The van der Waals surface area contributed by atoms with E-state index in [1.165, 1.54) is 34.7 Å². The number of phosphoric ester groups is 1. The van der Waals surface area contributed by atoms with Crippen LogP contribution in [0.5, 0.6) is 0 Å². The molecule has 21 heteroatoms. The van der Waals surface area contributed by atoms with Gasteiger partial charge in [0.1, 0.15) is 18.3 Å². The lowest BCUT2D eigenvalue weighted by molar-refractivity contribution is -0.0543. The molecule has 37 heavy (non-hydrogen) atoms. The van der Waals surface area contributed by atoms with Gasteiger partial charge in [0, 0.05) is 30.4 Å². The molecule has 0 aromatic carbocycles. The van der Waals surface area contributed by atoms with E-state index in [0.29, 0.717) is 6.42 Å². The van der Waals surface area contributed by atoms with Crippen LogP contribution in [0.3, 0.4) is 0 Å². The largest absolute Gasteiger partial charge is 0.490 e. The van der Waals surface area contributed by atoms with Crippen LogP contribution >= 0.6 is 45.1 Å². The first-order chi connectivity index (χ1) is 17.1. The van der Waals surface area contributed by atoms with Crippen LogP contribution in [0, 0.1) is 19.3 Å². The van der Waals surface area contributed by atoms with Crippen molar-refractivity contribution in [2.45, 2.75) is 44.6 Å². The second kappa shape index (κ2) is 14.1. The molecule has 0 bridgehead atoms. The Morgan fingerprint density at radius 2 is 1.89 bits per heavy atom. The van der Waals surface area contributed by atoms with Gasteiger partial charge in [-0.1, -0.05) is 21.6 Å². The first kappa shape index (κ1) is 32.5. The molecule has 1 fully saturated rings. The maximum Gasteiger partial charge on any atom is 0.490 e. The number of rotatable bonds is 15. The zero-order chi connectivity index (χ0) is 27.9. The Morgan fingerprint density at radius 3 is 2.54 bits per heavy atom. The Kier molecular flexibility index (Phi) is 12.3. The van der Waals surface area contributed by atoms with Crippen molar-refractivity contribution >= 4 is 45.1 Å². The lowest BCUT2D eigenvalue weighted by Crippen LogP contribution is -2.33. The molecule has 0 aliphatic carbocycles. The summed E-state index contributed by atoms with van der Waals surface area (Å²) in [4.78, 5) is 62.3. The summed E-state index contributed by atoms with van der Waals surface area (Å²) < 4.78 is 59.0. The normalized spacial score (nSPS) is 23.3. The second-order valence-corrected chi connectivity index (χ2v) is 14.3. The quantitative estimate of drug-likeness (QED) is 0.0611. The molecule has 0 radical (unpaired) electrons. The lowest BCUT2D eigenvalue weighted by Gasteiger charge is -2.21. The summed E-state index contributed by atoms with van der Waals surface area (Å²) >= 11 is 0. The molecule has 5 N–H and O–H groups in total. The smallest absolute Gasteiger partial charge is 0.364 e. The summed E-state index contributed by atoms with van der Waals surface area (Å²) in [5.41, 5.74) is -1.14. The minimum absolute atomic E-state index is 0.0537. The molecule has 2 heterocycles. The number of aromatic nitrogens is 2. The van der Waals surface area contributed by atoms with Gasteiger partial charge in [0.15, 0.2) is 0 Å². The summed E-state index contributed by atoms with van der Waals surface area (Å²) in [5.74, 6) is 3.44. The first-order valence-electron chi connectivity index (χ1n) is 10.2. The van der Waals surface area contributed by atoms with Gasteiger partial charge in [0.2, 0.25) is 0 Å². The molecule has 0 amide bonds. The highest BCUT2D eigenvalue weighted by Gasteiger charge is 2.43. The van der Waals surface area contributed by atoms with E-state index in [1.54, 1.807) is 0 Å². The summed E-state index contributed by atoms with van der Waals surface area (Å²) in [6, 6.07) is 0. The number of unbranched alkanes of at least 4 members (excludes halogenated alkanes) is 1. The molecule has 0 saturated carbocycles. The predicted octanol–water partition coefficient (Wildman–Crippen LogP) is 1.61. The van der Waals surface area contributed by atoms with Gasteiger partial charge in [-0.05, 0) is 13.3 Å². The highest BCUT2D eigenvalue weighted by atomic mass is 33.1. The second-order valence-electron chi connectivity index (χ2n) is 7.30. The number of phosphoric acid groups is 3. The summed E-state index contributed by atoms with van der Waals surface area (Å²) in [5, 5.41) is 0. The minimum Gasteiger partial charge on any atom is -0.364 e. The van der Waals surface area contributed by atoms with E-state index in [2.05, 4.69) is 24.0 Å². The standard InChI is InChI=1S/C16H25N2O14P3S2/c1-3-4-5-6-36-37-10-28-12-7-14(18-8-11(2)15(19)17-16(18)20)30-13(12)9-29-34(24,25)32-35(26,27)31-33(21,22)23/h1,8,12-14H,4-7,9-10H2,2H3,(H,24,25)(H,26,27)(H,17,19,20)(H2,21,22,23)/t12?,13-,14-/m1/s1. The third kappa shape index (κ3) is 11.5. The number of nitrogens with zero attached hydrogens (tertiary/aromatic N) is 1. The Morgan fingerprint density at radius 1 is 1.19 bits per heavy atom. The van der Waals surface area contributed by atoms with E-state index in [-0.39, 0.29) is 17.9 Å². The molecular weight excluding hydrogens is 601 g/mol. The predicted molar refractivity (Wildman–Crippen MR) is 132 cm³/mol. The van der Waals surface area contributed by atoms with Crippen molar-refractivity contribution in [3.8, 4) is 12.3 Å². The molecule has 16 nitrogen and oxygen atoms in total. The Bertz CT molecular complexity index is 1230. The molecular formula is C16H25N2O14P3S2. The summed E-state index contributed by atoms with van der Waals surface area (Å²) in [7, 11) is -13.8. The van der Waals surface area contributed by atoms with Gasteiger partial charge in [-0.2, -0.15) is 8.62 Å². The third-order valence-electron chi connectivity index (χ3n) is 4.42. The molecule has 210 valence electrons. The highest BCUT2D eigenvalue weighted by molar-refractivity contribution is 8.76. The van der Waals surface area contributed by atoms with E-state index in [9.17, 15) is 33.1 Å². The van der Waals surface area contributed by atoms with Gasteiger partial charge in [0.25, 0.3) is 5.56 Å². The maximum atomic E-state index is 12.3. The molecule has 1 aromatic rings. The monoisotopic (exact) mass is 626 g/mol. The maximum absolute atomic E-state index is 12.3. The van der Waals surface area contributed by atoms with Crippen LogP contribution in [0.15, 0.2) is 15.8 Å². The van der Waals surface area contributed by atoms with E-state index < -0.39 is 59.8 Å². The number of H-pyrrole nitrogens is 1. The van der Waals surface area contributed by atoms with Crippen molar-refractivity contribution in [1.82, 2.24) is 9.55 Å². The number of aromatic amines is 1. The number of aryl methyl sites for hydroxylation is 1. The van der Waals surface area contributed by atoms with Gasteiger partial charge in [-0.25, -0.2) is 18.5 Å². The fraction of sp³-hybridized carbons (Fsp3) is 0.625. The number of nitrogens with one attached hydrogen (secondary N) is 1. The fourth-order valence-electron chi connectivity index (χ4n) is 2.91.